The lowest BCUT2D eigenvalue weighted by atomic mass is 10.1. The van der Waals surface area contributed by atoms with Gasteiger partial charge in [-0.25, -0.2) is 0 Å². The second-order valence-corrected chi connectivity index (χ2v) is 4.72. The summed E-state index contributed by atoms with van der Waals surface area (Å²) in [5.41, 5.74) is 7.83. The highest BCUT2D eigenvalue weighted by atomic mass is 16.3. The van der Waals surface area contributed by atoms with Crippen molar-refractivity contribution in [2.75, 3.05) is 5.73 Å². The Labute approximate surface area is 115 Å². The Balaban J connectivity index is 1.86. The van der Waals surface area contributed by atoms with Crippen LogP contribution in [0, 0.1) is 0 Å². The normalized spacial score (nSPS) is 12.4. The summed E-state index contributed by atoms with van der Waals surface area (Å²) in [7, 11) is 0. The van der Waals surface area contributed by atoms with E-state index in [1.807, 2.05) is 25.1 Å². The molecule has 3 rings (SSSR count). The number of anilines is 1. The molecule has 0 aliphatic heterocycles. The van der Waals surface area contributed by atoms with E-state index in [-0.39, 0.29) is 11.9 Å². The van der Waals surface area contributed by atoms with E-state index in [0.29, 0.717) is 11.3 Å². The fourth-order valence-corrected chi connectivity index (χ4v) is 2.21. The average Bonchev–Trinajstić information content (AvgIpc) is 3.07. The molecule has 20 heavy (non-hydrogen) atoms. The highest BCUT2D eigenvalue weighted by Gasteiger charge is 2.16. The lowest BCUT2D eigenvalue weighted by Crippen LogP contribution is -2.26. The van der Waals surface area contributed by atoms with Gasteiger partial charge in [0.05, 0.1) is 17.9 Å². The van der Waals surface area contributed by atoms with Gasteiger partial charge in [0.25, 0.3) is 5.91 Å². The van der Waals surface area contributed by atoms with Gasteiger partial charge < -0.3 is 20.5 Å². The van der Waals surface area contributed by atoms with Crippen molar-refractivity contribution in [1.82, 2.24) is 10.3 Å². The molecule has 102 valence electrons. The molecule has 1 unspecified atom stereocenters. The number of rotatable bonds is 3. The minimum Gasteiger partial charge on any atom is -0.467 e. The van der Waals surface area contributed by atoms with E-state index in [4.69, 9.17) is 10.2 Å². The molecule has 1 aromatic carbocycles. The van der Waals surface area contributed by atoms with Crippen LogP contribution in [-0.2, 0) is 0 Å². The molecule has 0 bridgehead atoms. The SMILES string of the molecule is CC(NC(=O)c1c[nH]c2cc(N)ccc12)c1ccco1. The quantitative estimate of drug-likeness (QED) is 0.639. The summed E-state index contributed by atoms with van der Waals surface area (Å²) in [4.78, 5) is 15.4. The van der Waals surface area contributed by atoms with Gasteiger partial charge in [-0.2, -0.15) is 0 Å². The molecule has 2 heterocycles. The van der Waals surface area contributed by atoms with Gasteiger partial charge in [-0.1, -0.05) is 0 Å². The van der Waals surface area contributed by atoms with Crippen LogP contribution in [0.2, 0.25) is 0 Å². The van der Waals surface area contributed by atoms with E-state index >= 15 is 0 Å². The Morgan fingerprint density at radius 1 is 1.40 bits per heavy atom. The van der Waals surface area contributed by atoms with Gasteiger partial charge >= 0.3 is 0 Å². The van der Waals surface area contributed by atoms with Crippen molar-refractivity contribution in [3.05, 3.63) is 54.1 Å². The maximum atomic E-state index is 12.3. The minimum absolute atomic E-state index is 0.148. The van der Waals surface area contributed by atoms with Crippen molar-refractivity contribution in [2.24, 2.45) is 0 Å². The van der Waals surface area contributed by atoms with E-state index in [1.165, 1.54) is 0 Å². The van der Waals surface area contributed by atoms with Crippen LogP contribution in [0.15, 0.2) is 47.2 Å². The first-order valence-electron chi connectivity index (χ1n) is 6.36. The molecule has 0 aliphatic rings. The Kier molecular flexibility index (Phi) is 2.95. The molecule has 4 N–H and O–H groups in total. The third-order valence-corrected chi connectivity index (χ3v) is 3.27. The second-order valence-electron chi connectivity index (χ2n) is 4.72. The van der Waals surface area contributed by atoms with Crippen LogP contribution < -0.4 is 11.1 Å². The summed E-state index contributed by atoms with van der Waals surface area (Å²) >= 11 is 0. The zero-order valence-corrected chi connectivity index (χ0v) is 11.0. The van der Waals surface area contributed by atoms with E-state index in [9.17, 15) is 4.79 Å². The van der Waals surface area contributed by atoms with E-state index < -0.39 is 0 Å². The Bertz CT molecular complexity index is 744. The Hall–Kier alpha value is -2.69. The van der Waals surface area contributed by atoms with Gasteiger partial charge in [0.15, 0.2) is 0 Å². The second kappa shape index (κ2) is 4.77. The predicted molar refractivity (Wildman–Crippen MR) is 77.3 cm³/mol. The number of aromatic amines is 1. The maximum Gasteiger partial charge on any atom is 0.254 e. The summed E-state index contributed by atoms with van der Waals surface area (Å²) in [6.07, 6.45) is 3.28. The van der Waals surface area contributed by atoms with E-state index in [1.54, 1.807) is 24.6 Å². The van der Waals surface area contributed by atoms with E-state index in [2.05, 4.69) is 10.3 Å². The first kappa shape index (κ1) is 12.3. The molecule has 5 nitrogen and oxygen atoms in total. The number of amides is 1. The summed E-state index contributed by atoms with van der Waals surface area (Å²) in [6.45, 7) is 1.88. The number of fused-ring (bicyclic) bond motifs is 1. The van der Waals surface area contributed by atoms with Gasteiger partial charge in [0.2, 0.25) is 0 Å². The van der Waals surface area contributed by atoms with Crippen LogP contribution in [0.1, 0.15) is 29.1 Å². The number of carbonyl (C=O) groups is 1. The van der Waals surface area contributed by atoms with Crippen molar-refractivity contribution >= 4 is 22.5 Å². The standard InChI is InChI=1S/C15H15N3O2/c1-9(14-3-2-6-20-14)18-15(19)12-8-17-13-7-10(16)4-5-11(12)13/h2-9,17H,16H2,1H3,(H,18,19). The van der Waals surface area contributed by atoms with Gasteiger partial charge in [-0.15, -0.1) is 0 Å². The van der Waals surface area contributed by atoms with Crippen molar-refractivity contribution in [2.45, 2.75) is 13.0 Å². The molecule has 0 aliphatic carbocycles. The number of furan rings is 1. The zero-order valence-electron chi connectivity index (χ0n) is 11.0. The third-order valence-electron chi connectivity index (χ3n) is 3.27. The molecule has 0 fully saturated rings. The summed E-state index contributed by atoms with van der Waals surface area (Å²) < 4.78 is 5.28. The summed E-state index contributed by atoms with van der Waals surface area (Å²) in [5, 5.41) is 3.76. The maximum absolute atomic E-state index is 12.3. The number of hydrogen-bond donors (Lipinski definition) is 3. The van der Waals surface area contributed by atoms with Crippen LogP contribution in [0.5, 0.6) is 0 Å². The highest BCUT2D eigenvalue weighted by Crippen LogP contribution is 2.21. The number of nitrogen functional groups attached to an aromatic ring is 1. The molecule has 1 atom stereocenters. The van der Waals surface area contributed by atoms with Gasteiger partial charge in [-0.3, -0.25) is 4.79 Å². The number of carbonyl (C=O) groups excluding carboxylic acids is 1. The fourth-order valence-electron chi connectivity index (χ4n) is 2.21. The number of benzene rings is 1. The van der Waals surface area contributed by atoms with E-state index in [0.717, 1.165) is 16.7 Å². The average molecular weight is 269 g/mol. The predicted octanol–water partition coefficient (Wildman–Crippen LogP) is 2.83. The number of aromatic nitrogens is 1. The van der Waals surface area contributed by atoms with Crippen molar-refractivity contribution in [3.8, 4) is 0 Å². The van der Waals surface area contributed by atoms with Crippen LogP contribution in [0.4, 0.5) is 5.69 Å². The van der Waals surface area contributed by atoms with Gasteiger partial charge in [0.1, 0.15) is 5.76 Å². The number of nitrogens with two attached hydrogens (primary N) is 1. The third kappa shape index (κ3) is 2.14. The monoisotopic (exact) mass is 269 g/mol. The molecule has 0 saturated heterocycles. The molecular formula is C15H15N3O2. The van der Waals surface area contributed by atoms with Crippen molar-refractivity contribution in [3.63, 3.8) is 0 Å². The molecule has 0 radical (unpaired) electrons. The molecule has 5 heteroatoms. The molecule has 0 spiro atoms. The Morgan fingerprint density at radius 3 is 3.00 bits per heavy atom. The molecule has 1 amide bonds. The van der Waals surface area contributed by atoms with Crippen molar-refractivity contribution in [1.29, 1.82) is 0 Å². The molecular weight excluding hydrogens is 254 g/mol. The summed E-state index contributed by atoms with van der Waals surface area (Å²) in [6, 6.07) is 8.88. The lowest BCUT2D eigenvalue weighted by Gasteiger charge is -2.10. The van der Waals surface area contributed by atoms with Crippen LogP contribution in [0.25, 0.3) is 10.9 Å². The fraction of sp³-hybridized carbons (Fsp3) is 0.133. The van der Waals surface area contributed by atoms with Crippen molar-refractivity contribution < 1.29 is 9.21 Å². The first-order chi connectivity index (χ1) is 9.65. The minimum atomic E-state index is -0.184. The topological polar surface area (TPSA) is 84.0 Å². The largest absolute Gasteiger partial charge is 0.467 e. The van der Waals surface area contributed by atoms with Crippen LogP contribution in [0.3, 0.4) is 0 Å². The van der Waals surface area contributed by atoms with Crippen LogP contribution >= 0.6 is 0 Å². The Morgan fingerprint density at radius 2 is 2.25 bits per heavy atom. The lowest BCUT2D eigenvalue weighted by molar-refractivity contribution is 0.0937. The smallest absolute Gasteiger partial charge is 0.254 e. The summed E-state index contributed by atoms with van der Waals surface area (Å²) in [5.74, 6) is 0.576. The van der Waals surface area contributed by atoms with Gasteiger partial charge in [0, 0.05) is 22.8 Å². The number of nitrogens with one attached hydrogen (secondary N) is 2. The highest BCUT2D eigenvalue weighted by molar-refractivity contribution is 6.07. The number of H-pyrrole nitrogens is 1. The molecule has 2 aromatic heterocycles. The van der Waals surface area contributed by atoms with Crippen LogP contribution in [-0.4, -0.2) is 10.9 Å². The molecule has 3 aromatic rings. The number of hydrogen-bond acceptors (Lipinski definition) is 3. The molecule has 0 saturated carbocycles. The first-order valence-corrected chi connectivity index (χ1v) is 6.36. The zero-order chi connectivity index (χ0) is 14.1. The van der Waals surface area contributed by atoms with Gasteiger partial charge in [-0.05, 0) is 37.3 Å².